The molecule has 0 spiro atoms. The normalized spacial score (nSPS) is 17.2. The summed E-state index contributed by atoms with van der Waals surface area (Å²) in [7, 11) is 1.77. The molecule has 1 aromatic carbocycles. The lowest BCUT2D eigenvalue weighted by atomic mass is 9.92. The van der Waals surface area contributed by atoms with Crippen molar-refractivity contribution in [3.05, 3.63) is 52.6 Å². The fourth-order valence-corrected chi connectivity index (χ4v) is 3.04. The number of nitrogens with zero attached hydrogens (tertiary/aromatic N) is 2. The molecule has 1 aliphatic rings. The standard InChI is InChI=1S/C18H22FN3O/c1-18(2,3)16-10-15(22(4)21-16)17(23)20-14-9-8-11-12(14)6-5-7-13(11)19/h5-7,10,14H,8-9H2,1-4H3,(H,20,23). The van der Waals surface area contributed by atoms with Gasteiger partial charge >= 0.3 is 0 Å². The molecule has 1 N–H and O–H groups in total. The number of halogens is 1. The Kier molecular flexibility index (Phi) is 3.74. The molecule has 4 nitrogen and oxygen atoms in total. The van der Waals surface area contributed by atoms with Crippen LogP contribution in [0.5, 0.6) is 0 Å². The van der Waals surface area contributed by atoms with E-state index >= 15 is 0 Å². The SMILES string of the molecule is Cn1nc(C(C)(C)C)cc1C(=O)NC1CCc2c(F)cccc21. The van der Waals surface area contributed by atoms with E-state index in [2.05, 4.69) is 31.2 Å². The summed E-state index contributed by atoms with van der Waals surface area (Å²) in [6.45, 7) is 6.19. The highest BCUT2D eigenvalue weighted by atomic mass is 19.1. The third kappa shape index (κ3) is 2.87. The van der Waals surface area contributed by atoms with Gasteiger partial charge in [0.05, 0.1) is 11.7 Å². The third-order valence-corrected chi connectivity index (χ3v) is 4.40. The molecule has 0 bridgehead atoms. The molecule has 0 saturated carbocycles. The zero-order valence-corrected chi connectivity index (χ0v) is 14.0. The molecular weight excluding hydrogens is 293 g/mol. The van der Waals surface area contributed by atoms with E-state index in [1.807, 2.05) is 12.1 Å². The van der Waals surface area contributed by atoms with Crippen LogP contribution in [0.25, 0.3) is 0 Å². The van der Waals surface area contributed by atoms with E-state index in [1.54, 1.807) is 17.8 Å². The fourth-order valence-electron chi connectivity index (χ4n) is 3.04. The van der Waals surface area contributed by atoms with Gasteiger partial charge in [0.1, 0.15) is 11.5 Å². The minimum absolute atomic E-state index is 0.112. The summed E-state index contributed by atoms with van der Waals surface area (Å²) in [5, 5.41) is 7.45. The van der Waals surface area contributed by atoms with E-state index in [0.717, 1.165) is 23.2 Å². The lowest BCUT2D eigenvalue weighted by Crippen LogP contribution is -2.28. The average Bonchev–Trinajstić information content (AvgIpc) is 3.04. The Labute approximate surface area is 135 Å². The van der Waals surface area contributed by atoms with Crippen molar-refractivity contribution in [2.75, 3.05) is 0 Å². The number of rotatable bonds is 2. The third-order valence-electron chi connectivity index (χ3n) is 4.40. The second-order valence-electron chi connectivity index (χ2n) is 7.16. The van der Waals surface area contributed by atoms with Crippen molar-refractivity contribution in [2.24, 2.45) is 7.05 Å². The van der Waals surface area contributed by atoms with Crippen LogP contribution in [-0.2, 0) is 18.9 Å². The maximum atomic E-state index is 13.8. The summed E-state index contributed by atoms with van der Waals surface area (Å²) in [4.78, 5) is 12.6. The van der Waals surface area contributed by atoms with Crippen LogP contribution in [-0.4, -0.2) is 15.7 Å². The van der Waals surface area contributed by atoms with Crippen LogP contribution in [0.4, 0.5) is 4.39 Å². The van der Waals surface area contributed by atoms with Gasteiger partial charge in [0, 0.05) is 12.5 Å². The first-order valence-electron chi connectivity index (χ1n) is 7.90. The summed E-state index contributed by atoms with van der Waals surface area (Å²) in [6.07, 6.45) is 1.39. The van der Waals surface area contributed by atoms with Gasteiger partial charge in [-0.15, -0.1) is 0 Å². The van der Waals surface area contributed by atoms with Gasteiger partial charge in [-0.25, -0.2) is 4.39 Å². The van der Waals surface area contributed by atoms with Crippen molar-refractivity contribution in [1.29, 1.82) is 0 Å². The molecule has 5 heteroatoms. The van der Waals surface area contributed by atoms with Crippen LogP contribution >= 0.6 is 0 Å². The Morgan fingerprint density at radius 3 is 2.78 bits per heavy atom. The maximum absolute atomic E-state index is 13.8. The molecule has 23 heavy (non-hydrogen) atoms. The van der Waals surface area contributed by atoms with Gasteiger partial charge in [0.25, 0.3) is 5.91 Å². The highest BCUT2D eigenvalue weighted by Gasteiger charge is 2.28. The number of hydrogen-bond acceptors (Lipinski definition) is 2. The number of nitrogens with one attached hydrogen (secondary N) is 1. The van der Waals surface area contributed by atoms with Crippen molar-refractivity contribution >= 4 is 5.91 Å². The predicted molar refractivity (Wildman–Crippen MR) is 86.8 cm³/mol. The van der Waals surface area contributed by atoms with Crippen molar-refractivity contribution in [3.63, 3.8) is 0 Å². The lowest BCUT2D eigenvalue weighted by molar-refractivity contribution is 0.0927. The highest BCUT2D eigenvalue weighted by molar-refractivity contribution is 5.93. The van der Waals surface area contributed by atoms with Gasteiger partial charge < -0.3 is 5.32 Å². The lowest BCUT2D eigenvalue weighted by Gasteiger charge is -2.14. The Morgan fingerprint density at radius 2 is 2.13 bits per heavy atom. The predicted octanol–water partition coefficient (Wildman–Crippen LogP) is 3.27. The molecule has 1 atom stereocenters. The Morgan fingerprint density at radius 1 is 1.39 bits per heavy atom. The Bertz CT molecular complexity index is 758. The van der Waals surface area contributed by atoms with E-state index in [0.29, 0.717) is 12.1 Å². The molecule has 0 saturated heterocycles. The number of benzene rings is 1. The van der Waals surface area contributed by atoms with Gasteiger partial charge in [-0.05, 0) is 36.1 Å². The van der Waals surface area contributed by atoms with Gasteiger partial charge in [0.2, 0.25) is 0 Å². The molecule has 0 aliphatic heterocycles. The van der Waals surface area contributed by atoms with Crippen molar-refractivity contribution in [1.82, 2.24) is 15.1 Å². The molecule has 1 unspecified atom stereocenters. The van der Waals surface area contributed by atoms with Crippen LogP contribution in [0.2, 0.25) is 0 Å². The molecule has 0 radical (unpaired) electrons. The molecule has 1 amide bonds. The molecular formula is C18H22FN3O. The fraction of sp³-hybridized carbons (Fsp3) is 0.444. The van der Waals surface area contributed by atoms with E-state index in [1.165, 1.54) is 6.07 Å². The van der Waals surface area contributed by atoms with Crippen LogP contribution < -0.4 is 5.32 Å². The number of fused-ring (bicyclic) bond motifs is 1. The number of carbonyl (C=O) groups is 1. The van der Waals surface area contributed by atoms with Crippen LogP contribution in [0, 0.1) is 5.82 Å². The van der Waals surface area contributed by atoms with Crippen molar-refractivity contribution in [2.45, 2.75) is 45.1 Å². The minimum Gasteiger partial charge on any atom is -0.344 e. The molecule has 1 aliphatic carbocycles. The molecule has 0 fully saturated rings. The van der Waals surface area contributed by atoms with Gasteiger partial charge in [0.15, 0.2) is 0 Å². The minimum atomic E-state index is -0.185. The Balaban J connectivity index is 1.82. The van der Waals surface area contributed by atoms with Crippen LogP contribution in [0.1, 0.15) is 60.5 Å². The molecule has 3 rings (SSSR count). The monoisotopic (exact) mass is 315 g/mol. The number of hydrogen-bond donors (Lipinski definition) is 1. The molecule has 1 aromatic heterocycles. The molecule has 2 aromatic rings. The number of aryl methyl sites for hydroxylation is 1. The largest absolute Gasteiger partial charge is 0.344 e. The van der Waals surface area contributed by atoms with Crippen LogP contribution in [0.15, 0.2) is 24.3 Å². The summed E-state index contributed by atoms with van der Waals surface area (Å²) >= 11 is 0. The summed E-state index contributed by atoms with van der Waals surface area (Å²) in [6, 6.07) is 6.75. The smallest absolute Gasteiger partial charge is 0.270 e. The van der Waals surface area contributed by atoms with Crippen molar-refractivity contribution < 1.29 is 9.18 Å². The summed E-state index contributed by atoms with van der Waals surface area (Å²) in [5.41, 5.74) is 2.90. The zero-order chi connectivity index (χ0) is 16.8. The highest BCUT2D eigenvalue weighted by Crippen LogP contribution is 2.33. The Hall–Kier alpha value is -2.17. The first kappa shape index (κ1) is 15.7. The summed E-state index contributed by atoms with van der Waals surface area (Å²) < 4.78 is 15.4. The quantitative estimate of drug-likeness (QED) is 0.924. The van der Waals surface area contributed by atoms with Crippen LogP contribution in [0.3, 0.4) is 0 Å². The van der Waals surface area contributed by atoms with E-state index in [9.17, 15) is 9.18 Å². The number of amides is 1. The van der Waals surface area contributed by atoms with E-state index < -0.39 is 0 Å². The summed E-state index contributed by atoms with van der Waals surface area (Å²) in [5.74, 6) is -0.354. The number of aromatic nitrogens is 2. The van der Waals surface area contributed by atoms with E-state index in [4.69, 9.17) is 0 Å². The first-order valence-corrected chi connectivity index (χ1v) is 7.90. The second-order valence-corrected chi connectivity index (χ2v) is 7.16. The molecule has 1 heterocycles. The van der Waals surface area contributed by atoms with Gasteiger partial charge in [-0.2, -0.15) is 5.10 Å². The first-order chi connectivity index (χ1) is 10.8. The average molecular weight is 315 g/mol. The van der Waals surface area contributed by atoms with Gasteiger partial charge in [-0.3, -0.25) is 9.48 Å². The van der Waals surface area contributed by atoms with Gasteiger partial charge in [-0.1, -0.05) is 32.9 Å². The molecule has 122 valence electrons. The van der Waals surface area contributed by atoms with E-state index in [-0.39, 0.29) is 23.2 Å². The second kappa shape index (κ2) is 5.48. The zero-order valence-electron chi connectivity index (χ0n) is 14.0. The number of carbonyl (C=O) groups excluding carboxylic acids is 1. The van der Waals surface area contributed by atoms with Crippen molar-refractivity contribution in [3.8, 4) is 0 Å². The topological polar surface area (TPSA) is 46.9 Å². The maximum Gasteiger partial charge on any atom is 0.270 e.